The van der Waals surface area contributed by atoms with Crippen molar-refractivity contribution in [3.05, 3.63) is 24.3 Å². The zero-order valence-corrected chi connectivity index (χ0v) is 11.4. The van der Waals surface area contributed by atoms with E-state index in [4.69, 9.17) is 5.73 Å². The van der Waals surface area contributed by atoms with E-state index >= 15 is 0 Å². The molecule has 94 valence electrons. The van der Waals surface area contributed by atoms with E-state index in [-0.39, 0.29) is 11.4 Å². The second-order valence-electron chi connectivity index (χ2n) is 4.61. The molecule has 0 aliphatic carbocycles. The molecule has 3 N–H and O–H groups in total. The summed E-state index contributed by atoms with van der Waals surface area (Å²) in [6.45, 7) is 6.10. The molecule has 0 aliphatic rings. The average Bonchev–Trinajstić information content (AvgIpc) is 2.27. The number of hydrogen-bond acceptors (Lipinski definition) is 3. The highest BCUT2D eigenvalue weighted by Gasteiger charge is 2.17. The highest BCUT2D eigenvalue weighted by Crippen LogP contribution is 2.24. The number of amides is 1. The van der Waals surface area contributed by atoms with Gasteiger partial charge in [0.15, 0.2) is 0 Å². The van der Waals surface area contributed by atoms with Crippen molar-refractivity contribution in [2.24, 2.45) is 0 Å². The van der Waals surface area contributed by atoms with E-state index in [1.54, 1.807) is 0 Å². The van der Waals surface area contributed by atoms with Crippen molar-refractivity contribution in [3.8, 4) is 0 Å². The maximum absolute atomic E-state index is 11.7. The molecule has 1 aromatic carbocycles. The fourth-order valence-corrected chi connectivity index (χ4v) is 2.03. The van der Waals surface area contributed by atoms with Crippen molar-refractivity contribution in [1.29, 1.82) is 0 Å². The van der Waals surface area contributed by atoms with E-state index in [9.17, 15) is 4.79 Å². The van der Waals surface area contributed by atoms with Crippen molar-refractivity contribution in [1.82, 2.24) is 5.32 Å². The average molecular weight is 252 g/mol. The number of anilines is 1. The van der Waals surface area contributed by atoms with Gasteiger partial charge in [0, 0.05) is 16.1 Å². The summed E-state index contributed by atoms with van der Waals surface area (Å²) in [5.41, 5.74) is 6.39. The first-order valence-electron chi connectivity index (χ1n) is 5.73. The van der Waals surface area contributed by atoms with E-state index < -0.39 is 0 Å². The molecule has 0 heterocycles. The third kappa shape index (κ3) is 4.69. The molecule has 0 aromatic heterocycles. The molecule has 0 saturated heterocycles. The van der Waals surface area contributed by atoms with Crippen LogP contribution in [-0.4, -0.2) is 17.2 Å². The van der Waals surface area contributed by atoms with Crippen molar-refractivity contribution >= 4 is 23.4 Å². The number of nitrogens with two attached hydrogens (primary N) is 1. The van der Waals surface area contributed by atoms with Crippen LogP contribution in [-0.2, 0) is 4.79 Å². The summed E-state index contributed by atoms with van der Waals surface area (Å²) in [6, 6.07) is 7.58. The molecule has 0 aliphatic heterocycles. The van der Waals surface area contributed by atoms with Crippen LogP contribution in [0.4, 0.5) is 5.69 Å². The predicted molar refractivity (Wildman–Crippen MR) is 74.1 cm³/mol. The number of benzene rings is 1. The van der Waals surface area contributed by atoms with E-state index in [0.29, 0.717) is 5.75 Å². The summed E-state index contributed by atoms with van der Waals surface area (Å²) in [6.07, 6.45) is 0.914. The van der Waals surface area contributed by atoms with Crippen LogP contribution in [0.5, 0.6) is 0 Å². The van der Waals surface area contributed by atoms with Crippen molar-refractivity contribution in [2.45, 2.75) is 37.6 Å². The Bertz CT molecular complexity index is 391. The predicted octanol–water partition coefficient (Wildman–Crippen LogP) is 2.67. The second kappa shape index (κ2) is 5.96. The largest absolute Gasteiger partial charge is 0.398 e. The molecule has 1 amide bonds. The van der Waals surface area contributed by atoms with E-state index in [2.05, 4.69) is 12.2 Å². The summed E-state index contributed by atoms with van der Waals surface area (Å²) in [4.78, 5) is 12.7. The molecule has 1 aromatic rings. The van der Waals surface area contributed by atoms with Gasteiger partial charge in [-0.2, -0.15) is 0 Å². The number of nitrogen functional groups attached to an aromatic ring is 1. The standard InChI is InChI=1S/C13H20N2OS/c1-4-13(2,3)15-12(16)9-17-11-8-6-5-7-10(11)14/h5-8H,4,9,14H2,1-3H3,(H,15,16). The van der Waals surface area contributed by atoms with Crippen LogP contribution in [0, 0.1) is 0 Å². The molecular formula is C13H20N2OS. The Labute approximate surface area is 107 Å². The van der Waals surface area contributed by atoms with Gasteiger partial charge in [0.25, 0.3) is 0 Å². The van der Waals surface area contributed by atoms with E-state index in [1.807, 2.05) is 38.1 Å². The molecule has 0 spiro atoms. The molecule has 0 bridgehead atoms. The molecule has 0 radical (unpaired) electrons. The molecule has 0 fully saturated rings. The van der Waals surface area contributed by atoms with Crippen LogP contribution < -0.4 is 11.1 Å². The zero-order valence-electron chi connectivity index (χ0n) is 10.6. The molecule has 1 rings (SSSR count). The number of para-hydroxylation sites is 1. The number of thioether (sulfide) groups is 1. The lowest BCUT2D eigenvalue weighted by Gasteiger charge is -2.24. The van der Waals surface area contributed by atoms with Crippen molar-refractivity contribution in [2.75, 3.05) is 11.5 Å². The van der Waals surface area contributed by atoms with Gasteiger partial charge in [-0.1, -0.05) is 19.1 Å². The highest BCUT2D eigenvalue weighted by molar-refractivity contribution is 8.00. The van der Waals surface area contributed by atoms with Crippen LogP contribution in [0.3, 0.4) is 0 Å². The molecular weight excluding hydrogens is 232 g/mol. The van der Waals surface area contributed by atoms with Crippen LogP contribution in [0.2, 0.25) is 0 Å². The minimum Gasteiger partial charge on any atom is -0.398 e. The zero-order chi connectivity index (χ0) is 12.9. The monoisotopic (exact) mass is 252 g/mol. The number of carbonyl (C=O) groups is 1. The highest BCUT2D eigenvalue weighted by atomic mass is 32.2. The topological polar surface area (TPSA) is 55.1 Å². The number of carbonyl (C=O) groups excluding carboxylic acids is 1. The lowest BCUT2D eigenvalue weighted by Crippen LogP contribution is -2.43. The maximum atomic E-state index is 11.7. The Hall–Kier alpha value is -1.16. The molecule has 0 atom stereocenters. The normalized spacial score (nSPS) is 11.2. The van der Waals surface area contributed by atoms with Crippen LogP contribution in [0.15, 0.2) is 29.2 Å². The Morgan fingerprint density at radius 1 is 1.41 bits per heavy atom. The SMILES string of the molecule is CCC(C)(C)NC(=O)CSc1ccccc1N. The Balaban J connectivity index is 2.47. The summed E-state index contributed by atoms with van der Waals surface area (Å²) < 4.78 is 0. The fourth-order valence-electron chi connectivity index (χ4n) is 1.26. The third-order valence-electron chi connectivity index (χ3n) is 2.64. The first-order chi connectivity index (χ1) is 7.94. The quantitative estimate of drug-likeness (QED) is 0.625. The van der Waals surface area contributed by atoms with Crippen LogP contribution in [0.25, 0.3) is 0 Å². The summed E-state index contributed by atoms with van der Waals surface area (Å²) in [7, 11) is 0. The molecule has 0 unspecified atom stereocenters. The lowest BCUT2D eigenvalue weighted by molar-refractivity contribution is -0.120. The Kier molecular flexibility index (Phi) is 4.87. The smallest absolute Gasteiger partial charge is 0.230 e. The van der Waals surface area contributed by atoms with Gasteiger partial charge in [0.2, 0.25) is 5.91 Å². The van der Waals surface area contributed by atoms with Gasteiger partial charge in [-0.05, 0) is 32.4 Å². The van der Waals surface area contributed by atoms with Gasteiger partial charge >= 0.3 is 0 Å². The minimum absolute atomic E-state index is 0.0464. The van der Waals surface area contributed by atoms with Gasteiger partial charge in [-0.15, -0.1) is 11.8 Å². The second-order valence-corrected chi connectivity index (χ2v) is 5.63. The van der Waals surface area contributed by atoms with Gasteiger partial charge in [-0.25, -0.2) is 0 Å². The fraction of sp³-hybridized carbons (Fsp3) is 0.462. The Morgan fingerprint density at radius 2 is 2.06 bits per heavy atom. The first kappa shape index (κ1) is 13.9. The third-order valence-corrected chi connectivity index (χ3v) is 3.73. The molecule has 17 heavy (non-hydrogen) atoms. The van der Waals surface area contributed by atoms with Crippen molar-refractivity contribution in [3.63, 3.8) is 0 Å². The molecule has 0 saturated carbocycles. The Morgan fingerprint density at radius 3 is 2.65 bits per heavy atom. The van der Waals surface area contributed by atoms with E-state index in [0.717, 1.165) is 17.0 Å². The van der Waals surface area contributed by atoms with Gasteiger partial charge < -0.3 is 11.1 Å². The van der Waals surface area contributed by atoms with Gasteiger partial charge in [-0.3, -0.25) is 4.79 Å². The van der Waals surface area contributed by atoms with Crippen molar-refractivity contribution < 1.29 is 4.79 Å². The van der Waals surface area contributed by atoms with E-state index in [1.165, 1.54) is 11.8 Å². The molecule has 4 heteroatoms. The lowest BCUT2D eigenvalue weighted by atomic mass is 10.0. The summed E-state index contributed by atoms with van der Waals surface area (Å²) in [5.74, 6) is 0.447. The number of hydrogen-bond donors (Lipinski definition) is 2. The number of rotatable bonds is 5. The first-order valence-corrected chi connectivity index (χ1v) is 6.71. The number of nitrogens with one attached hydrogen (secondary N) is 1. The molecule has 3 nitrogen and oxygen atoms in total. The van der Waals surface area contributed by atoms with Gasteiger partial charge in [0.1, 0.15) is 0 Å². The minimum atomic E-state index is -0.139. The summed E-state index contributed by atoms with van der Waals surface area (Å²) in [5, 5.41) is 3.00. The van der Waals surface area contributed by atoms with Gasteiger partial charge in [0.05, 0.1) is 5.75 Å². The van der Waals surface area contributed by atoms with Crippen LogP contribution >= 0.6 is 11.8 Å². The van der Waals surface area contributed by atoms with Crippen LogP contribution in [0.1, 0.15) is 27.2 Å². The maximum Gasteiger partial charge on any atom is 0.230 e. The summed E-state index contributed by atoms with van der Waals surface area (Å²) >= 11 is 1.47.